The molecule has 2 rings (SSSR count). The lowest BCUT2D eigenvalue weighted by molar-refractivity contribution is 0.549. The molecule has 1 aromatic carbocycles. The molecular formula is C13H17BrN4S. The first kappa shape index (κ1) is 14.6. The highest BCUT2D eigenvalue weighted by Gasteiger charge is 2.15. The molecule has 0 bridgehead atoms. The van der Waals surface area contributed by atoms with Gasteiger partial charge in [0.15, 0.2) is 0 Å². The van der Waals surface area contributed by atoms with Gasteiger partial charge in [0.1, 0.15) is 0 Å². The molecule has 0 spiro atoms. The van der Waals surface area contributed by atoms with Gasteiger partial charge in [0.05, 0.1) is 17.9 Å². The summed E-state index contributed by atoms with van der Waals surface area (Å²) < 4.78 is 2.94. The molecule has 1 heterocycles. The summed E-state index contributed by atoms with van der Waals surface area (Å²) in [5, 5.41) is 11.4. The quantitative estimate of drug-likeness (QED) is 0.821. The number of hydrogen-bond donors (Lipinski definition) is 1. The minimum atomic E-state index is 0.258. The van der Waals surface area contributed by atoms with Crippen molar-refractivity contribution in [2.75, 3.05) is 12.3 Å². The van der Waals surface area contributed by atoms with E-state index >= 15 is 0 Å². The Balaban J connectivity index is 2.04. The summed E-state index contributed by atoms with van der Waals surface area (Å²) >= 11 is 5.33. The molecule has 0 fully saturated rings. The third-order valence-corrected chi connectivity index (χ3v) is 4.35. The molecule has 0 aliphatic carbocycles. The van der Waals surface area contributed by atoms with E-state index in [-0.39, 0.29) is 6.04 Å². The van der Waals surface area contributed by atoms with Crippen molar-refractivity contribution < 1.29 is 0 Å². The molecule has 0 radical (unpaired) electrons. The molecule has 1 unspecified atom stereocenters. The molecule has 0 amide bonds. The minimum Gasteiger partial charge on any atom is -0.308 e. The van der Waals surface area contributed by atoms with Crippen molar-refractivity contribution in [3.05, 3.63) is 40.6 Å². The zero-order valence-corrected chi connectivity index (χ0v) is 13.4. The van der Waals surface area contributed by atoms with Crippen LogP contribution in [0.25, 0.3) is 0 Å². The van der Waals surface area contributed by atoms with Gasteiger partial charge in [-0.05, 0) is 24.7 Å². The first-order chi connectivity index (χ1) is 9.20. The van der Waals surface area contributed by atoms with Gasteiger partial charge in [0.2, 0.25) is 0 Å². The van der Waals surface area contributed by atoms with Crippen molar-refractivity contribution in [3.63, 3.8) is 0 Å². The van der Waals surface area contributed by atoms with Crippen molar-refractivity contribution in [1.29, 1.82) is 0 Å². The van der Waals surface area contributed by atoms with Gasteiger partial charge in [0, 0.05) is 22.2 Å². The second-order valence-corrected chi connectivity index (χ2v) is 6.17. The van der Waals surface area contributed by atoms with E-state index in [1.165, 1.54) is 4.90 Å². The van der Waals surface area contributed by atoms with Gasteiger partial charge in [0.25, 0.3) is 0 Å². The Morgan fingerprint density at radius 1 is 1.47 bits per heavy atom. The molecule has 0 saturated carbocycles. The van der Waals surface area contributed by atoms with Crippen molar-refractivity contribution in [1.82, 2.24) is 20.3 Å². The third kappa shape index (κ3) is 4.06. The van der Waals surface area contributed by atoms with Gasteiger partial charge in [-0.15, -0.1) is 16.9 Å². The van der Waals surface area contributed by atoms with Crippen LogP contribution in [0.1, 0.15) is 18.7 Å². The van der Waals surface area contributed by atoms with Crippen LogP contribution in [0.2, 0.25) is 0 Å². The van der Waals surface area contributed by atoms with E-state index in [0.29, 0.717) is 0 Å². The number of nitrogens with one attached hydrogen (secondary N) is 1. The Bertz CT molecular complexity index is 529. The number of aromatic nitrogens is 3. The Morgan fingerprint density at radius 2 is 2.32 bits per heavy atom. The van der Waals surface area contributed by atoms with Gasteiger partial charge < -0.3 is 5.32 Å². The van der Waals surface area contributed by atoms with Crippen LogP contribution in [-0.2, 0) is 7.05 Å². The SMILES string of the molecule is CCNC(CSc1cccc(Br)c1)c1cnnn1C. The fraction of sp³-hybridized carbons (Fsp3) is 0.385. The maximum absolute atomic E-state index is 4.00. The second kappa shape index (κ2) is 7.07. The largest absolute Gasteiger partial charge is 0.308 e. The van der Waals surface area contributed by atoms with Gasteiger partial charge in [-0.2, -0.15) is 0 Å². The number of thioether (sulfide) groups is 1. The van der Waals surface area contributed by atoms with Crippen molar-refractivity contribution in [2.45, 2.75) is 17.9 Å². The van der Waals surface area contributed by atoms with E-state index in [2.05, 4.69) is 56.7 Å². The smallest absolute Gasteiger partial charge is 0.0761 e. The topological polar surface area (TPSA) is 42.7 Å². The molecule has 4 nitrogen and oxygen atoms in total. The highest BCUT2D eigenvalue weighted by atomic mass is 79.9. The van der Waals surface area contributed by atoms with Gasteiger partial charge in [-0.1, -0.05) is 34.1 Å². The highest BCUT2D eigenvalue weighted by Crippen LogP contribution is 2.26. The summed E-state index contributed by atoms with van der Waals surface area (Å²) in [5.41, 5.74) is 1.12. The maximum Gasteiger partial charge on any atom is 0.0761 e. The first-order valence-corrected chi connectivity index (χ1v) is 7.95. The molecule has 0 aliphatic heterocycles. The van der Waals surface area contributed by atoms with Crippen LogP contribution in [0.3, 0.4) is 0 Å². The summed E-state index contributed by atoms with van der Waals surface area (Å²) in [7, 11) is 1.93. The number of benzene rings is 1. The van der Waals surface area contributed by atoms with Gasteiger partial charge >= 0.3 is 0 Å². The maximum atomic E-state index is 4.00. The van der Waals surface area contributed by atoms with E-state index in [4.69, 9.17) is 0 Å². The van der Waals surface area contributed by atoms with Crippen molar-refractivity contribution in [2.24, 2.45) is 7.05 Å². The van der Waals surface area contributed by atoms with Gasteiger partial charge in [-0.3, -0.25) is 4.68 Å². The standard InChI is InChI=1S/C13H17BrN4S/c1-3-15-12(13-8-16-17-18(13)2)9-19-11-6-4-5-10(14)7-11/h4-8,12,15H,3,9H2,1-2H3. The molecule has 0 aliphatic rings. The molecule has 1 N–H and O–H groups in total. The lowest BCUT2D eigenvalue weighted by Crippen LogP contribution is -2.25. The van der Waals surface area contributed by atoms with Crippen LogP contribution < -0.4 is 5.32 Å². The van der Waals surface area contributed by atoms with Crippen LogP contribution in [0.5, 0.6) is 0 Å². The predicted molar refractivity (Wildman–Crippen MR) is 82.3 cm³/mol. The lowest BCUT2D eigenvalue weighted by Gasteiger charge is -2.17. The zero-order valence-electron chi connectivity index (χ0n) is 11.0. The summed E-state index contributed by atoms with van der Waals surface area (Å²) in [4.78, 5) is 1.26. The van der Waals surface area contributed by atoms with E-state index < -0.39 is 0 Å². The monoisotopic (exact) mass is 340 g/mol. The number of hydrogen-bond acceptors (Lipinski definition) is 4. The fourth-order valence-electron chi connectivity index (χ4n) is 1.84. The van der Waals surface area contributed by atoms with Crippen LogP contribution >= 0.6 is 27.7 Å². The summed E-state index contributed by atoms with van der Waals surface area (Å²) in [6.45, 7) is 3.04. The summed E-state index contributed by atoms with van der Waals surface area (Å²) in [6, 6.07) is 8.61. The molecular weight excluding hydrogens is 324 g/mol. The number of aryl methyl sites for hydroxylation is 1. The Kier molecular flexibility index (Phi) is 5.42. The van der Waals surface area contributed by atoms with Crippen LogP contribution in [0.15, 0.2) is 39.8 Å². The fourth-order valence-corrected chi connectivity index (χ4v) is 3.43. The molecule has 102 valence electrons. The zero-order chi connectivity index (χ0) is 13.7. The molecule has 1 atom stereocenters. The molecule has 0 saturated heterocycles. The molecule has 2 aromatic rings. The van der Waals surface area contributed by atoms with Crippen LogP contribution in [0.4, 0.5) is 0 Å². The Morgan fingerprint density at radius 3 is 2.95 bits per heavy atom. The number of nitrogens with zero attached hydrogens (tertiary/aromatic N) is 3. The Labute approximate surface area is 126 Å². The van der Waals surface area contributed by atoms with E-state index in [9.17, 15) is 0 Å². The van der Waals surface area contributed by atoms with Gasteiger partial charge in [-0.25, -0.2) is 0 Å². The van der Waals surface area contributed by atoms with E-state index in [0.717, 1.165) is 22.5 Å². The average molecular weight is 341 g/mol. The lowest BCUT2D eigenvalue weighted by atomic mass is 10.2. The van der Waals surface area contributed by atoms with E-state index in [1.807, 2.05) is 35.8 Å². The highest BCUT2D eigenvalue weighted by molar-refractivity contribution is 9.10. The Hall–Kier alpha value is -0.850. The minimum absolute atomic E-state index is 0.258. The summed E-state index contributed by atoms with van der Waals surface area (Å²) in [5.74, 6) is 0.950. The normalized spacial score (nSPS) is 12.6. The summed E-state index contributed by atoms with van der Waals surface area (Å²) in [6.07, 6.45) is 1.83. The molecule has 19 heavy (non-hydrogen) atoms. The van der Waals surface area contributed by atoms with Crippen LogP contribution in [0, 0.1) is 0 Å². The average Bonchev–Trinajstić information content (AvgIpc) is 2.81. The van der Waals surface area contributed by atoms with Crippen molar-refractivity contribution >= 4 is 27.7 Å². The van der Waals surface area contributed by atoms with Crippen molar-refractivity contribution in [3.8, 4) is 0 Å². The number of rotatable bonds is 6. The number of halogens is 1. The first-order valence-electron chi connectivity index (χ1n) is 6.17. The molecule has 1 aromatic heterocycles. The molecule has 6 heteroatoms. The predicted octanol–water partition coefficient (Wildman–Crippen LogP) is 3.02. The third-order valence-electron chi connectivity index (χ3n) is 2.77. The van der Waals surface area contributed by atoms with Crippen LogP contribution in [-0.4, -0.2) is 27.3 Å². The van der Waals surface area contributed by atoms with E-state index in [1.54, 1.807) is 0 Å². The second-order valence-electron chi connectivity index (χ2n) is 4.16.